The van der Waals surface area contributed by atoms with Crippen molar-refractivity contribution in [2.75, 3.05) is 45.2 Å². The first-order valence-corrected chi connectivity index (χ1v) is 10.6. The van der Waals surface area contributed by atoms with Gasteiger partial charge < -0.3 is 23.8 Å². The average molecular weight is 420 g/mol. The zero-order valence-corrected chi connectivity index (χ0v) is 18.4. The summed E-state index contributed by atoms with van der Waals surface area (Å²) in [7, 11) is 3.83. The van der Waals surface area contributed by atoms with Crippen LogP contribution in [-0.4, -0.2) is 49.8 Å². The maximum absolute atomic E-state index is 12.5. The van der Waals surface area contributed by atoms with E-state index >= 15 is 0 Å². The molecular formula is C25H29N3O3. The molecule has 0 N–H and O–H groups in total. The van der Waals surface area contributed by atoms with E-state index in [1.807, 2.05) is 47.9 Å². The lowest BCUT2D eigenvalue weighted by molar-refractivity contribution is 0.298. The van der Waals surface area contributed by atoms with Crippen molar-refractivity contribution < 1.29 is 9.47 Å². The van der Waals surface area contributed by atoms with Crippen molar-refractivity contribution in [1.82, 2.24) is 9.47 Å². The highest BCUT2D eigenvalue weighted by molar-refractivity contribution is 5.60. The van der Waals surface area contributed by atoms with Crippen LogP contribution in [0.3, 0.4) is 0 Å². The Morgan fingerprint density at radius 1 is 0.968 bits per heavy atom. The summed E-state index contributed by atoms with van der Waals surface area (Å²) in [5, 5.41) is 0. The first-order chi connectivity index (χ1) is 15.1. The molecule has 0 radical (unpaired) electrons. The van der Waals surface area contributed by atoms with Crippen LogP contribution in [0.5, 0.6) is 11.5 Å². The molecule has 0 spiro atoms. The van der Waals surface area contributed by atoms with Crippen LogP contribution in [0.15, 0.2) is 65.6 Å². The Hall–Kier alpha value is -3.25. The molecule has 6 nitrogen and oxygen atoms in total. The molecule has 0 bridgehead atoms. The van der Waals surface area contributed by atoms with Crippen molar-refractivity contribution >= 4 is 5.69 Å². The third-order valence-electron chi connectivity index (χ3n) is 5.81. The van der Waals surface area contributed by atoms with Gasteiger partial charge in [0.15, 0.2) is 5.75 Å². The van der Waals surface area contributed by atoms with Crippen LogP contribution in [0.25, 0.3) is 5.69 Å². The fourth-order valence-corrected chi connectivity index (χ4v) is 3.91. The highest BCUT2D eigenvalue weighted by Gasteiger charge is 2.18. The van der Waals surface area contributed by atoms with Gasteiger partial charge in [-0.25, -0.2) is 0 Å². The molecule has 0 saturated carbocycles. The molecular weight excluding hydrogens is 390 g/mol. The van der Waals surface area contributed by atoms with Crippen LogP contribution in [0, 0.1) is 6.92 Å². The molecule has 2 aromatic carbocycles. The molecule has 1 aromatic heterocycles. The number of aromatic nitrogens is 1. The smallest absolute Gasteiger partial charge is 0.223 e. The van der Waals surface area contributed by atoms with Crippen LogP contribution in [0.4, 0.5) is 5.69 Å². The molecule has 3 aromatic rings. The predicted molar refractivity (Wildman–Crippen MR) is 124 cm³/mol. The van der Waals surface area contributed by atoms with Crippen LogP contribution < -0.4 is 19.8 Å². The number of piperazine rings is 1. The van der Waals surface area contributed by atoms with Gasteiger partial charge in [-0.1, -0.05) is 30.3 Å². The molecule has 0 amide bonds. The molecule has 1 fully saturated rings. The van der Waals surface area contributed by atoms with Crippen molar-refractivity contribution in [2.45, 2.75) is 13.5 Å². The van der Waals surface area contributed by atoms with Crippen molar-refractivity contribution in [3.8, 4) is 17.2 Å². The standard InChI is InChI=1S/C25H29N3O3/c1-19-25(31-18-20-7-5-4-6-8-20)23(29)11-12-28(19)22-10-9-21(17-24(22)30-3)27-15-13-26(2)14-16-27/h4-12,17H,13-16,18H2,1-3H3. The zero-order valence-electron chi connectivity index (χ0n) is 18.4. The highest BCUT2D eigenvalue weighted by atomic mass is 16.5. The third-order valence-corrected chi connectivity index (χ3v) is 5.81. The summed E-state index contributed by atoms with van der Waals surface area (Å²) >= 11 is 0. The summed E-state index contributed by atoms with van der Waals surface area (Å²) in [6, 6.07) is 17.6. The van der Waals surface area contributed by atoms with Gasteiger partial charge in [0.1, 0.15) is 12.4 Å². The van der Waals surface area contributed by atoms with Gasteiger partial charge in [0.05, 0.1) is 18.5 Å². The maximum atomic E-state index is 12.5. The van der Waals surface area contributed by atoms with Gasteiger partial charge in [0.25, 0.3) is 0 Å². The fraction of sp³-hybridized carbons (Fsp3) is 0.320. The van der Waals surface area contributed by atoms with E-state index in [4.69, 9.17) is 9.47 Å². The average Bonchev–Trinajstić information content (AvgIpc) is 2.80. The Morgan fingerprint density at radius 2 is 1.71 bits per heavy atom. The Bertz CT molecular complexity index is 1090. The van der Waals surface area contributed by atoms with Crippen LogP contribution in [-0.2, 0) is 6.61 Å². The van der Waals surface area contributed by atoms with Crippen molar-refractivity contribution in [2.24, 2.45) is 0 Å². The largest absolute Gasteiger partial charge is 0.494 e. The lowest BCUT2D eigenvalue weighted by Gasteiger charge is -2.34. The van der Waals surface area contributed by atoms with Gasteiger partial charge in [0.2, 0.25) is 5.43 Å². The Kier molecular flexibility index (Phi) is 6.28. The number of benzene rings is 2. The summed E-state index contributed by atoms with van der Waals surface area (Å²) in [4.78, 5) is 17.2. The minimum atomic E-state index is -0.127. The van der Waals surface area contributed by atoms with Gasteiger partial charge in [0, 0.05) is 50.2 Å². The van der Waals surface area contributed by atoms with E-state index in [9.17, 15) is 4.79 Å². The molecule has 2 heterocycles. The maximum Gasteiger partial charge on any atom is 0.223 e. The minimum absolute atomic E-state index is 0.127. The van der Waals surface area contributed by atoms with Crippen molar-refractivity contribution in [3.05, 3.63) is 82.3 Å². The number of hydrogen-bond donors (Lipinski definition) is 0. The Balaban J connectivity index is 1.63. The molecule has 0 aliphatic carbocycles. The van der Waals surface area contributed by atoms with Crippen molar-refractivity contribution in [3.63, 3.8) is 0 Å². The number of likely N-dealkylation sites (N-methyl/N-ethyl adjacent to an activating group) is 1. The molecule has 0 unspecified atom stereocenters. The van der Waals surface area contributed by atoms with E-state index in [1.165, 1.54) is 0 Å². The number of methoxy groups -OCH3 is 1. The molecule has 162 valence electrons. The lowest BCUT2D eigenvalue weighted by atomic mass is 10.2. The second-order valence-corrected chi connectivity index (χ2v) is 7.89. The van der Waals surface area contributed by atoms with Gasteiger partial charge in [-0.15, -0.1) is 0 Å². The Labute approximate surface area is 183 Å². The number of hydrogen-bond acceptors (Lipinski definition) is 5. The second-order valence-electron chi connectivity index (χ2n) is 7.89. The number of anilines is 1. The highest BCUT2D eigenvalue weighted by Crippen LogP contribution is 2.31. The van der Waals surface area contributed by atoms with Crippen molar-refractivity contribution in [1.29, 1.82) is 0 Å². The lowest BCUT2D eigenvalue weighted by Crippen LogP contribution is -2.44. The summed E-state index contributed by atoms with van der Waals surface area (Å²) in [6.07, 6.45) is 1.78. The van der Waals surface area contributed by atoms with E-state index in [0.717, 1.165) is 54.6 Å². The summed E-state index contributed by atoms with van der Waals surface area (Å²) in [6.45, 7) is 6.33. The normalized spacial score (nSPS) is 14.5. The quantitative estimate of drug-likeness (QED) is 0.612. The topological polar surface area (TPSA) is 46.9 Å². The molecule has 1 aliphatic heterocycles. The number of rotatable bonds is 6. The fourth-order valence-electron chi connectivity index (χ4n) is 3.91. The molecule has 31 heavy (non-hydrogen) atoms. The van der Waals surface area contributed by atoms with Crippen LogP contribution in [0.1, 0.15) is 11.3 Å². The molecule has 4 rings (SSSR count). The van der Waals surface area contributed by atoms with E-state index in [-0.39, 0.29) is 5.43 Å². The number of pyridine rings is 1. The van der Waals surface area contributed by atoms with Gasteiger partial charge in [-0.05, 0) is 31.7 Å². The monoisotopic (exact) mass is 419 g/mol. The van der Waals surface area contributed by atoms with E-state index < -0.39 is 0 Å². The SMILES string of the molecule is COc1cc(N2CCN(C)CC2)ccc1-n1ccc(=O)c(OCc2ccccc2)c1C. The van der Waals surface area contributed by atoms with E-state index in [2.05, 4.69) is 29.0 Å². The van der Waals surface area contributed by atoms with Gasteiger partial charge in [-0.2, -0.15) is 0 Å². The minimum Gasteiger partial charge on any atom is -0.494 e. The second kappa shape index (κ2) is 9.27. The van der Waals surface area contributed by atoms with Crippen LogP contribution in [0.2, 0.25) is 0 Å². The number of ether oxygens (including phenoxy) is 2. The Morgan fingerprint density at radius 3 is 2.42 bits per heavy atom. The van der Waals surface area contributed by atoms with Gasteiger partial charge in [-0.3, -0.25) is 4.79 Å². The summed E-state index contributed by atoms with van der Waals surface area (Å²) < 4.78 is 13.6. The first-order valence-electron chi connectivity index (χ1n) is 10.6. The van der Waals surface area contributed by atoms with E-state index in [0.29, 0.717) is 12.4 Å². The molecule has 1 saturated heterocycles. The molecule has 6 heteroatoms. The van der Waals surface area contributed by atoms with E-state index in [1.54, 1.807) is 19.4 Å². The van der Waals surface area contributed by atoms with Crippen LogP contribution >= 0.6 is 0 Å². The number of nitrogens with zero attached hydrogens (tertiary/aromatic N) is 3. The zero-order chi connectivity index (χ0) is 21.8. The first kappa shape index (κ1) is 21.0. The molecule has 1 aliphatic rings. The summed E-state index contributed by atoms with van der Waals surface area (Å²) in [5.41, 5.74) is 3.66. The molecule has 0 atom stereocenters. The third kappa shape index (κ3) is 4.59. The summed E-state index contributed by atoms with van der Waals surface area (Å²) in [5.74, 6) is 1.12. The predicted octanol–water partition coefficient (Wildman–Crippen LogP) is 3.49. The van der Waals surface area contributed by atoms with Gasteiger partial charge >= 0.3 is 0 Å².